The minimum absolute atomic E-state index is 0. The Labute approximate surface area is 174 Å². The van der Waals surface area contributed by atoms with Crippen LogP contribution < -0.4 is 10.6 Å². The zero-order chi connectivity index (χ0) is 18.2. The van der Waals surface area contributed by atoms with Crippen LogP contribution in [0.5, 0.6) is 0 Å². The van der Waals surface area contributed by atoms with Gasteiger partial charge in [-0.25, -0.2) is 0 Å². The van der Waals surface area contributed by atoms with Gasteiger partial charge in [-0.15, -0.1) is 24.0 Å². The molecule has 7 heteroatoms. The third kappa shape index (κ3) is 6.75. The van der Waals surface area contributed by atoms with E-state index < -0.39 is 0 Å². The van der Waals surface area contributed by atoms with Gasteiger partial charge in [0.2, 0.25) is 5.91 Å². The van der Waals surface area contributed by atoms with Gasteiger partial charge in [-0.1, -0.05) is 31.2 Å². The number of nitrogens with zero attached hydrogens (tertiary/aromatic N) is 3. The van der Waals surface area contributed by atoms with Crippen LogP contribution >= 0.6 is 24.0 Å². The minimum Gasteiger partial charge on any atom is -0.352 e. The van der Waals surface area contributed by atoms with Gasteiger partial charge in [-0.2, -0.15) is 0 Å². The number of likely N-dealkylation sites (tertiary alicyclic amines) is 1. The molecule has 0 radical (unpaired) electrons. The van der Waals surface area contributed by atoms with Crippen molar-refractivity contribution in [1.82, 2.24) is 20.4 Å². The largest absolute Gasteiger partial charge is 0.352 e. The maximum Gasteiger partial charge on any atom is 0.222 e. The molecule has 1 saturated heterocycles. The lowest BCUT2D eigenvalue weighted by molar-refractivity contribution is -0.129. The number of amides is 1. The first-order valence-corrected chi connectivity index (χ1v) is 9.00. The topological polar surface area (TPSA) is 60.0 Å². The maximum atomic E-state index is 11.8. The summed E-state index contributed by atoms with van der Waals surface area (Å²) in [6.07, 6.45) is 1.53. The van der Waals surface area contributed by atoms with Crippen molar-refractivity contribution in [2.24, 2.45) is 4.99 Å². The van der Waals surface area contributed by atoms with E-state index in [2.05, 4.69) is 58.9 Å². The van der Waals surface area contributed by atoms with E-state index in [1.54, 1.807) is 7.05 Å². The van der Waals surface area contributed by atoms with Crippen LogP contribution in [0.15, 0.2) is 29.3 Å². The summed E-state index contributed by atoms with van der Waals surface area (Å²) in [5, 5.41) is 6.84. The van der Waals surface area contributed by atoms with Crippen LogP contribution in [0.4, 0.5) is 0 Å². The third-order valence-electron chi connectivity index (χ3n) is 4.46. The molecule has 1 fully saturated rings. The van der Waals surface area contributed by atoms with Crippen molar-refractivity contribution in [3.8, 4) is 0 Å². The molecule has 1 aromatic rings. The summed E-state index contributed by atoms with van der Waals surface area (Å²) < 4.78 is 0. The standard InChI is InChI=1S/C19H31N5O.HI/c1-5-18(25)24-11-10-17(14-24)22-19(20-2)21-12-15-8-6-7-9-16(15)13-23(3)4;/h6-9,17H,5,10-14H2,1-4H3,(H2,20,21,22);1H. The molecule has 146 valence electrons. The lowest BCUT2D eigenvalue weighted by atomic mass is 10.1. The lowest BCUT2D eigenvalue weighted by Gasteiger charge is -2.20. The zero-order valence-corrected chi connectivity index (χ0v) is 18.6. The first-order valence-electron chi connectivity index (χ1n) is 9.00. The van der Waals surface area contributed by atoms with Gasteiger partial charge in [0, 0.05) is 45.7 Å². The second-order valence-corrected chi connectivity index (χ2v) is 6.76. The van der Waals surface area contributed by atoms with Gasteiger partial charge in [-0.05, 0) is 31.6 Å². The normalized spacial score (nSPS) is 17.2. The Bertz CT molecular complexity index is 605. The highest BCUT2D eigenvalue weighted by molar-refractivity contribution is 14.0. The fraction of sp³-hybridized carbons (Fsp3) is 0.579. The van der Waals surface area contributed by atoms with Crippen molar-refractivity contribution in [1.29, 1.82) is 0 Å². The summed E-state index contributed by atoms with van der Waals surface area (Å²) in [5.74, 6) is 1.01. The van der Waals surface area contributed by atoms with E-state index in [0.717, 1.165) is 38.6 Å². The number of aliphatic imine (C=N–C) groups is 1. The molecule has 26 heavy (non-hydrogen) atoms. The molecule has 0 spiro atoms. The molecule has 0 saturated carbocycles. The molecule has 1 unspecified atom stereocenters. The van der Waals surface area contributed by atoms with E-state index in [1.165, 1.54) is 11.1 Å². The maximum absolute atomic E-state index is 11.8. The van der Waals surface area contributed by atoms with Gasteiger partial charge in [0.1, 0.15) is 0 Å². The van der Waals surface area contributed by atoms with E-state index in [1.807, 2.05) is 11.8 Å². The monoisotopic (exact) mass is 473 g/mol. The molecular weight excluding hydrogens is 441 g/mol. The fourth-order valence-electron chi connectivity index (χ4n) is 3.12. The average molecular weight is 473 g/mol. The van der Waals surface area contributed by atoms with Crippen LogP contribution in [-0.2, 0) is 17.9 Å². The summed E-state index contributed by atoms with van der Waals surface area (Å²) in [5.41, 5.74) is 2.59. The lowest BCUT2D eigenvalue weighted by Crippen LogP contribution is -2.44. The van der Waals surface area contributed by atoms with Crippen molar-refractivity contribution in [2.75, 3.05) is 34.2 Å². The number of carbonyl (C=O) groups excluding carboxylic acids is 1. The quantitative estimate of drug-likeness (QED) is 0.377. The van der Waals surface area contributed by atoms with Gasteiger partial charge in [0.15, 0.2) is 5.96 Å². The predicted molar refractivity (Wildman–Crippen MR) is 118 cm³/mol. The minimum atomic E-state index is 0. The van der Waals surface area contributed by atoms with E-state index in [0.29, 0.717) is 6.42 Å². The molecule has 2 rings (SSSR count). The Balaban J connectivity index is 0.00000338. The summed E-state index contributed by atoms with van der Waals surface area (Å²) in [7, 11) is 5.94. The number of nitrogens with one attached hydrogen (secondary N) is 2. The Morgan fingerprint density at radius 3 is 2.62 bits per heavy atom. The van der Waals surface area contributed by atoms with Crippen LogP contribution in [0.1, 0.15) is 30.9 Å². The number of guanidine groups is 1. The Morgan fingerprint density at radius 1 is 1.31 bits per heavy atom. The molecule has 1 amide bonds. The van der Waals surface area contributed by atoms with Gasteiger partial charge < -0.3 is 20.4 Å². The zero-order valence-electron chi connectivity index (χ0n) is 16.3. The molecule has 6 nitrogen and oxygen atoms in total. The van der Waals surface area contributed by atoms with E-state index in [-0.39, 0.29) is 35.9 Å². The number of rotatable bonds is 6. The highest BCUT2D eigenvalue weighted by atomic mass is 127. The molecule has 1 heterocycles. The molecule has 0 aliphatic carbocycles. The Morgan fingerprint density at radius 2 is 2.00 bits per heavy atom. The number of halogens is 1. The van der Waals surface area contributed by atoms with Crippen LogP contribution in [0.25, 0.3) is 0 Å². The van der Waals surface area contributed by atoms with Crippen molar-refractivity contribution < 1.29 is 4.79 Å². The van der Waals surface area contributed by atoms with Gasteiger partial charge in [0.25, 0.3) is 0 Å². The Kier molecular flexibility index (Phi) is 9.93. The smallest absolute Gasteiger partial charge is 0.222 e. The fourth-order valence-corrected chi connectivity index (χ4v) is 3.12. The van der Waals surface area contributed by atoms with Crippen molar-refractivity contribution in [3.05, 3.63) is 35.4 Å². The van der Waals surface area contributed by atoms with Crippen LogP contribution in [0.2, 0.25) is 0 Å². The van der Waals surface area contributed by atoms with Gasteiger partial charge in [0.05, 0.1) is 0 Å². The average Bonchev–Trinajstić information content (AvgIpc) is 3.07. The van der Waals surface area contributed by atoms with Crippen molar-refractivity contribution >= 4 is 35.8 Å². The SMILES string of the molecule is CCC(=O)N1CCC(NC(=NC)NCc2ccccc2CN(C)C)C1.I. The van der Waals surface area contributed by atoms with Gasteiger partial charge >= 0.3 is 0 Å². The summed E-state index contributed by atoms with van der Waals surface area (Å²) in [4.78, 5) is 20.2. The van der Waals surface area contributed by atoms with Crippen molar-refractivity contribution in [2.45, 2.75) is 38.9 Å². The first kappa shape index (κ1) is 22.7. The third-order valence-corrected chi connectivity index (χ3v) is 4.46. The van der Waals surface area contributed by atoms with Crippen LogP contribution in [-0.4, -0.2) is 61.9 Å². The summed E-state index contributed by atoms with van der Waals surface area (Å²) in [6.45, 7) is 5.14. The molecule has 1 aliphatic heterocycles. The van der Waals surface area contributed by atoms with Crippen LogP contribution in [0, 0.1) is 0 Å². The number of hydrogen-bond donors (Lipinski definition) is 2. The number of hydrogen-bond acceptors (Lipinski definition) is 3. The second-order valence-electron chi connectivity index (χ2n) is 6.76. The molecule has 2 N–H and O–H groups in total. The highest BCUT2D eigenvalue weighted by Crippen LogP contribution is 2.12. The molecule has 1 atom stereocenters. The molecule has 0 aromatic heterocycles. The van der Waals surface area contributed by atoms with E-state index in [9.17, 15) is 4.79 Å². The predicted octanol–water partition coefficient (Wildman–Crippen LogP) is 2.04. The molecule has 0 bridgehead atoms. The second kappa shape index (κ2) is 11.4. The number of carbonyl (C=O) groups is 1. The summed E-state index contributed by atoms with van der Waals surface area (Å²) in [6, 6.07) is 8.72. The Hall–Kier alpha value is -1.35. The van der Waals surface area contributed by atoms with Crippen LogP contribution in [0.3, 0.4) is 0 Å². The molecular formula is C19H32IN5O. The van der Waals surface area contributed by atoms with Gasteiger partial charge in [-0.3, -0.25) is 9.79 Å². The highest BCUT2D eigenvalue weighted by Gasteiger charge is 2.25. The first-order chi connectivity index (χ1) is 12.0. The number of benzene rings is 1. The van der Waals surface area contributed by atoms with Crippen molar-refractivity contribution in [3.63, 3.8) is 0 Å². The molecule has 1 aromatic carbocycles. The van der Waals surface area contributed by atoms with E-state index >= 15 is 0 Å². The molecule has 1 aliphatic rings. The van der Waals surface area contributed by atoms with E-state index in [4.69, 9.17) is 0 Å². The summed E-state index contributed by atoms with van der Waals surface area (Å²) >= 11 is 0.